The van der Waals surface area contributed by atoms with E-state index in [1.54, 1.807) is 0 Å². The number of rotatable bonds is 27. The van der Waals surface area contributed by atoms with Crippen LogP contribution in [0.1, 0.15) is 143 Å². The molecular formula is C29H64N4. The predicted octanol–water partition coefficient (Wildman–Crippen LogP) is 6.92. The van der Waals surface area contributed by atoms with Gasteiger partial charge in [-0.25, -0.2) is 0 Å². The quantitative estimate of drug-likeness (QED) is 0.0988. The number of unbranched alkanes of at least 4 members (excludes halogenated alkanes) is 17. The zero-order valence-electron chi connectivity index (χ0n) is 23.4. The van der Waals surface area contributed by atoms with Crippen LogP contribution in [0.25, 0.3) is 0 Å². The molecule has 0 amide bonds. The van der Waals surface area contributed by atoms with Crippen LogP contribution in [-0.2, 0) is 0 Å². The van der Waals surface area contributed by atoms with Gasteiger partial charge in [-0.2, -0.15) is 0 Å². The normalized spacial score (nSPS) is 14.5. The van der Waals surface area contributed by atoms with Crippen LogP contribution in [0.5, 0.6) is 0 Å². The molecule has 0 saturated heterocycles. The first-order valence-electron chi connectivity index (χ1n) is 15.0. The molecule has 0 saturated carbocycles. The largest absolute Gasteiger partial charge is 0.327 e. The van der Waals surface area contributed by atoms with Crippen LogP contribution in [0.2, 0.25) is 0 Å². The molecule has 0 bridgehead atoms. The van der Waals surface area contributed by atoms with Crippen molar-refractivity contribution in [3.63, 3.8) is 0 Å². The van der Waals surface area contributed by atoms with Crippen molar-refractivity contribution in [3.8, 4) is 0 Å². The lowest BCUT2D eigenvalue weighted by Crippen LogP contribution is -2.45. The van der Waals surface area contributed by atoms with Crippen molar-refractivity contribution < 1.29 is 0 Å². The molecule has 0 aliphatic heterocycles. The summed E-state index contributed by atoms with van der Waals surface area (Å²) in [5.74, 6) is 0. The van der Waals surface area contributed by atoms with E-state index in [1.807, 2.05) is 6.92 Å². The highest BCUT2D eigenvalue weighted by Gasteiger charge is 2.05. The van der Waals surface area contributed by atoms with Gasteiger partial charge in [-0.1, -0.05) is 116 Å². The predicted molar refractivity (Wildman–Crippen MR) is 150 cm³/mol. The van der Waals surface area contributed by atoms with Crippen LogP contribution in [0.3, 0.4) is 0 Å². The van der Waals surface area contributed by atoms with Crippen molar-refractivity contribution in [1.82, 2.24) is 16.0 Å². The summed E-state index contributed by atoms with van der Waals surface area (Å²) in [6.45, 7) is 12.9. The van der Waals surface area contributed by atoms with Crippen LogP contribution < -0.4 is 21.7 Å². The van der Waals surface area contributed by atoms with Crippen molar-refractivity contribution in [2.45, 2.75) is 161 Å². The molecule has 0 spiro atoms. The van der Waals surface area contributed by atoms with Gasteiger partial charge in [0.15, 0.2) is 0 Å². The van der Waals surface area contributed by atoms with Gasteiger partial charge in [0.1, 0.15) is 0 Å². The second kappa shape index (κ2) is 26.4. The van der Waals surface area contributed by atoms with E-state index in [4.69, 9.17) is 5.73 Å². The summed E-state index contributed by atoms with van der Waals surface area (Å²) in [5.41, 5.74) is 5.79. The average Bonchev–Trinajstić information content (AvgIpc) is 2.80. The topological polar surface area (TPSA) is 62.1 Å². The molecule has 4 heteroatoms. The SMILES string of the molecule is CCCCCCCCCCCCCCCCCCCCNCC(C)NCC(C)NCC(C)N. The molecule has 3 atom stereocenters. The van der Waals surface area contributed by atoms with E-state index in [2.05, 4.69) is 36.7 Å². The Labute approximate surface area is 209 Å². The monoisotopic (exact) mass is 469 g/mol. The molecule has 0 aromatic rings. The molecule has 0 radical (unpaired) electrons. The second-order valence-electron chi connectivity index (χ2n) is 10.8. The van der Waals surface area contributed by atoms with E-state index in [1.165, 1.54) is 116 Å². The highest BCUT2D eigenvalue weighted by atomic mass is 15.0. The van der Waals surface area contributed by atoms with Gasteiger partial charge in [0.05, 0.1) is 0 Å². The molecule has 0 rings (SSSR count). The molecule has 5 N–H and O–H groups in total. The van der Waals surface area contributed by atoms with Gasteiger partial charge in [0, 0.05) is 37.8 Å². The van der Waals surface area contributed by atoms with E-state index < -0.39 is 0 Å². The molecule has 0 fully saturated rings. The van der Waals surface area contributed by atoms with Crippen LogP contribution in [-0.4, -0.2) is 44.3 Å². The first-order chi connectivity index (χ1) is 16.1. The maximum absolute atomic E-state index is 5.79. The number of hydrogen-bond donors (Lipinski definition) is 4. The summed E-state index contributed by atoms with van der Waals surface area (Å²) in [6.07, 6.45) is 25.9. The molecule has 200 valence electrons. The molecule has 0 heterocycles. The Balaban J connectivity index is 3.18. The first kappa shape index (κ1) is 32.8. The van der Waals surface area contributed by atoms with Crippen LogP contribution in [0.15, 0.2) is 0 Å². The summed E-state index contributed by atoms with van der Waals surface area (Å²) in [5, 5.41) is 10.7. The van der Waals surface area contributed by atoms with E-state index in [0.29, 0.717) is 12.1 Å². The van der Waals surface area contributed by atoms with Gasteiger partial charge < -0.3 is 21.7 Å². The Morgan fingerprint density at radius 2 is 0.848 bits per heavy atom. The van der Waals surface area contributed by atoms with Gasteiger partial charge in [-0.05, 0) is 33.7 Å². The third-order valence-electron chi connectivity index (χ3n) is 6.72. The molecule has 0 aliphatic rings. The fourth-order valence-corrected chi connectivity index (χ4v) is 4.38. The Bertz CT molecular complexity index is 362. The first-order valence-corrected chi connectivity index (χ1v) is 15.0. The lowest BCUT2D eigenvalue weighted by molar-refractivity contribution is 0.435. The summed E-state index contributed by atoms with van der Waals surface area (Å²) < 4.78 is 0. The fraction of sp³-hybridized carbons (Fsp3) is 1.00. The average molecular weight is 469 g/mol. The lowest BCUT2D eigenvalue weighted by atomic mass is 10.0. The van der Waals surface area contributed by atoms with Crippen molar-refractivity contribution in [3.05, 3.63) is 0 Å². The van der Waals surface area contributed by atoms with Crippen LogP contribution >= 0.6 is 0 Å². The minimum absolute atomic E-state index is 0.223. The maximum Gasteiger partial charge on any atom is 0.0164 e. The van der Waals surface area contributed by atoms with Crippen molar-refractivity contribution >= 4 is 0 Å². The zero-order valence-corrected chi connectivity index (χ0v) is 23.4. The van der Waals surface area contributed by atoms with Crippen molar-refractivity contribution in [2.75, 3.05) is 26.2 Å². The van der Waals surface area contributed by atoms with Crippen molar-refractivity contribution in [2.24, 2.45) is 5.73 Å². The molecule has 4 nitrogen and oxygen atoms in total. The standard InChI is InChI=1S/C29H64N4/c1-5-6-7-8-9-10-11-12-13-14-15-16-17-18-19-20-21-22-23-31-25-28(3)33-26-29(4)32-24-27(2)30/h27-29,31-33H,5-26,30H2,1-4H3. The molecule has 33 heavy (non-hydrogen) atoms. The number of nitrogens with one attached hydrogen (secondary N) is 3. The Morgan fingerprint density at radius 3 is 1.27 bits per heavy atom. The molecule has 0 aromatic heterocycles. The molecular weight excluding hydrogens is 404 g/mol. The number of hydrogen-bond acceptors (Lipinski definition) is 4. The Hall–Kier alpha value is -0.160. The molecule has 3 unspecified atom stereocenters. The van der Waals surface area contributed by atoms with E-state index in [9.17, 15) is 0 Å². The van der Waals surface area contributed by atoms with Gasteiger partial charge >= 0.3 is 0 Å². The van der Waals surface area contributed by atoms with Crippen LogP contribution in [0, 0.1) is 0 Å². The summed E-state index contributed by atoms with van der Waals surface area (Å²) in [4.78, 5) is 0. The van der Waals surface area contributed by atoms with Gasteiger partial charge in [0.25, 0.3) is 0 Å². The second-order valence-corrected chi connectivity index (χ2v) is 10.8. The number of nitrogens with two attached hydrogens (primary N) is 1. The van der Waals surface area contributed by atoms with Gasteiger partial charge in [0.2, 0.25) is 0 Å². The van der Waals surface area contributed by atoms with Crippen molar-refractivity contribution in [1.29, 1.82) is 0 Å². The highest BCUT2D eigenvalue weighted by Crippen LogP contribution is 2.14. The Morgan fingerprint density at radius 1 is 0.485 bits per heavy atom. The maximum atomic E-state index is 5.79. The minimum Gasteiger partial charge on any atom is -0.327 e. The zero-order chi connectivity index (χ0) is 24.4. The lowest BCUT2D eigenvalue weighted by Gasteiger charge is -2.20. The Kier molecular flexibility index (Phi) is 26.3. The third-order valence-corrected chi connectivity index (χ3v) is 6.72. The van der Waals surface area contributed by atoms with Gasteiger partial charge in [-0.3, -0.25) is 0 Å². The highest BCUT2D eigenvalue weighted by molar-refractivity contribution is 4.71. The molecule has 0 aromatic carbocycles. The summed E-state index contributed by atoms with van der Waals surface area (Å²) in [7, 11) is 0. The van der Waals surface area contributed by atoms with E-state index in [0.717, 1.165) is 26.2 Å². The van der Waals surface area contributed by atoms with E-state index >= 15 is 0 Å². The minimum atomic E-state index is 0.223. The molecule has 0 aliphatic carbocycles. The summed E-state index contributed by atoms with van der Waals surface area (Å²) in [6, 6.07) is 1.20. The summed E-state index contributed by atoms with van der Waals surface area (Å²) >= 11 is 0. The van der Waals surface area contributed by atoms with Gasteiger partial charge in [-0.15, -0.1) is 0 Å². The third kappa shape index (κ3) is 28.0. The fourth-order valence-electron chi connectivity index (χ4n) is 4.38. The smallest absolute Gasteiger partial charge is 0.0164 e. The van der Waals surface area contributed by atoms with E-state index in [-0.39, 0.29) is 6.04 Å². The van der Waals surface area contributed by atoms with Crippen LogP contribution in [0.4, 0.5) is 0 Å².